The van der Waals surface area contributed by atoms with Gasteiger partial charge in [0, 0.05) is 19.3 Å². The Balaban J connectivity index is 2.79. The van der Waals surface area contributed by atoms with E-state index < -0.39 is 0 Å². The van der Waals surface area contributed by atoms with E-state index in [1.807, 2.05) is 0 Å². The van der Waals surface area contributed by atoms with Gasteiger partial charge in [-0.2, -0.15) is 0 Å². The molecule has 0 aliphatic rings. The van der Waals surface area contributed by atoms with E-state index in [0.29, 0.717) is 6.04 Å². The Bertz CT molecular complexity index is 324. The number of likely N-dealkylation sites (N-methyl/N-ethyl adjacent to an activating group) is 1. The van der Waals surface area contributed by atoms with Gasteiger partial charge >= 0.3 is 0 Å². The number of nitrogens with zero attached hydrogens (tertiary/aromatic N) is 1. The van der Waals surface area contributed by atoms with Gasteiger partial charge in [-0.1, -0.05) is 17.7 Å². The zero-order chi connectivity index (χ0) is 13.4. The van der Waals surface area contributed by atoms with Crippen molar-refractivity contribution in [2.75, 3.05) is 31.7 Å². The van der Waals surface area contributed by atoms with Gasteiger partial charge in [0.2, 0.25) is 0 Å². The standard InChI is InChI=1S/C15H26N2O/c1-4-17(14-9-7-13(2)8-10-14)15(12-18-3)6-5-11-16/h7-10,15H,4-6,11-12,16H2,1-3H3. The van der Waals surface area contributed by atoms with Crippen LogP contribution in [-0.4, -0.2) is 32.8 Å². The van der Waals surface area contributed by atoms with Crippen LogP contribution in [0, 0.1) is 6.92 Å². The maximum Gasteiger partial charge on any atom is 0.0666 e. The highest BCUT2D eigenvalue weighted by Gasteiger charge is 2.16. The molecule has 0 radical (unpaired) electrons. The van der Waals surface area contributed by atoms with E-state index in [1.54, 1.807) is 7.11 Å². The number of hydrogen-bond acceptors (Lipinski definition) is 3. The van der Waals surface area contributed by atoms with Crippen LogP contribution in [0.1, 0.15) is 25.3 Å². The molecule has 3 nitrogen and oxygen atoms in total. The van der Waals surface area contributed by atoms with Crippen LogP contribution in [0.3, 0.4) is 0 Å². The van der Waals surface area contributed by atoms with Gasteiger partial charge < -0.3 is 15.4 Å². The second-order valence-corrected chi connectivity index (χ2v) is 4.66. The predicted molar refractivity (Wildman–Crippen MR) is 78.2 cm³/mol. The fourth-order valence-electron chi connectivity index (χ4n) is 2.26. The Labute approximate surface area is 111 Å². The smallest absolute Gasteiger partial charge is 0.0666 e. The van der Waals surface area contributed by atoms with Gasteiger partial charge in [0.1, 0.15) is 0 Å². The molecule has 0 bridgehead atoms. The molecule has 0 saturated heterocycles. The molecule has 0 aliphatic heterocycles. The largest absolute Gasteiger partial charge is 0.383 e. The lowest BCUT2D eigenvalue weighted by molar-refractivity contribution is 0.172. The number of ether oxygens (including phenoxy) is 1. The Morgan fingerprint density at radius 2 is 1.94 bits per heavy atom. The zero-order valence-corrected chi connectivity index (χ0v) is 11.9. The quantitative estimate of drug-likeness (QED) is 0.770. The molecule has 1 aromatic rings. The number of hydrogen-bond donors (Lipinski definition) is 1. The number of nitrogens with two attached hydrogens (primary N) is 1. The van der Waals surface area contributed by atoms with Gasteiger partial charge in [0.15, 0.2) is 0 Å². The summed E-state index contributed by atoms with van der Waals surface area (Å²) in [6.07, 6.45) is 2.11. The molecule has 0 aromatic heterocycles. The Morgan fingerprint density at radius 1 is 1.28 bits per heavy atom. The van der Waals surface area contributed by atoms with Crippen molar-refractivity contribution in [2.45, 2.75) is 32.7 Å². The van der Waals surface area contributed by atoms with E-state index in [1.165, 1.54) is 11.3 Å². The van der Waals surface area contributed by atoms with Crippen LogP contribution in [0.4, 0.5) is 5.69 Å². The summed E-state index contributed by atoms with van der Waals surface area (Å²) in [4.78, 5) is 2.40. The summed E-state index contributed by atoms with van der Waals surface area (Å²) in [6.45, 7) is 6.78. The molecule has 3 heteroatoms. The Hall–Kier alpha value is -1.06. The van der Waals surface area contributed by atoms with E-state index in [2.05, 4.69) is 43.0 Å². The lowest BCUT2D eigenvalue weighted by Gasteiger charge is -2.32. The molecular formula is C15H26N2O. The molecule has 0 saturated carbocycles. The van der Waals surface area contributed by atoms with E-state index in [4.69, 9.17) is 10.5 Å². The Kier molecular flexibility index (Phi) is 6.76. The van der Waals surface area contributed by atoms with Crippen molar-refractivity contribution < 1.29 is 4.74 Å². The molecule has 0 fully saturated rings. The van der Waals surface area contributed by atoms with Crippen molar-refractivity contribution in [3.8, 4) is 0 Å². The maximum absolute atomic E-state index is 5.61. The molecular weight excluding hydrogens is 224 g/mol. The first-order valence-corrected chi connectivity index (χ1v) is 6.75. The van der Waals surface area contributed by atoms with E-state index in [0.717, 1.165) is 32.5 Å². The molecule has 0 spiro atoms. The fourth-order valence-corrected chi connectivity index (χ4v) is 2.26. The third-order valence-electron chi connectivity index (χ3n) is 3.25. The average Bonchev–Trinajstić information content (AvgIpc) is 2.39. The van der Waals surface area contributed by atoms with Crippen LogP contribution in [0.5, 0.6) is 0 Å². The minimum Gasteiger partial charge on any atom is -0.383 e. The van der Waals surface area contributed by atoms with Crippen LogP contribution in [-0.2, 0) is 4.74 Å². The number of rotatable bonds is 8. The summed E-state index contributed by atoms with van der Waals surface area (Å²) in [7, 11) is 1.76. The normalized spacial score (nSPS) is 12.4. The van der Waals surface area contributed by atoms with E-state index in [-0.39, 0.29) is 0 Å². The van der Waals surface area contributed by atoms with Gasteiger partial charge in [-0.3, -0.25) is 0 Å². The van der Waals surface area contributed by atoms with Gasteiger partial charge in [0.05, 0.1) is 12.6 Å². The van der Waals surface area contributed by atoms with E-state index in [9.17, 15) is 0 Å². The predicted octanol–water partition coefficient (Wildman–Crippen LogP) is 2.58. The van der Waals surface area contributed by atoms with Crippen LogP contribution < -0.4 is 10.6 Å². The zero-order valence-electron chi connectivity index (χ0n) is 11.9. The molecule has 2 N–H and O–H groups in total. The average molecular weight is 250 g/mol. The van der Waals surface area contributed by atoms with Crippen molar-refractivity contribution >= 4 is 5.69 Å². The molecule has 1 atom stereocenters. The van der Waals surface area contributed by atoms with Crippen LogP contribution in [0.2, 0.25) is 0 Å². The van der Waals surface area contributed by atoms with Crippen molar-refractivity contribution in [3.05, 3.63) is 29.8 Å². The lowest BCUT2D eigenvalue weighted by atomic mass is 10.1. The highest BCUT2D eigenvalue weighted by atomic mass is 16.5. The Morgan fingerprint density at radius 3 is 2.44 bits per heavy atom. The first-order chi connectivity index (χ1) is 8.72. The summed E-state index contributed by atoms with van der Waals surface area (Å²) in [5.41, 5.74) is 8.17. The molecule has 1 unspecified atom stereocenters. The third-order valence-corrected chi connectivity index (χ3v) is 3.25. The van der Waals surface area contributed by atoms with Gasteiger partial charge in [-0.25, -0.2) is 0 Å². The monoisotopic (exact) mass is 250 g/mol. The van der Waals surface area contributed by atoms with Crippen LogP contribution in [0.15, 0.2) is 24.3 Å². The molecule has 18 heavy (non-hydrogen) atoms. The number of anilines is 1. The topological polar surface area (TPSA) is 38.5 Å². The SMILES string of the molecule is CCN(c1ccc(C)cc1)C(CCCN)COC. The van der Waals surface area contributed by atoms with Crippen molar-refractivity contribution in [1.29, 1.82) is 0 Å². The molecule has 1 aromatic carbocycles. The molecule has 102 valence electrons. The van der Waals surface area contributed by atoms with Crippen molar-refractivity contribution in [2.24, 2.45) is 5.73 Å². The minimum atomic E-state index is 0.409. The second kappa shape index (κ2) is 8.11. The van der Waals surface area contributed by atoms with Crippen molar-refractivity contribution in [1.82, 2.24) is 0 Å². The first-order valence-electron chi connectivity index (χ1n) is 6.75. The molecule has 0 amide bonds. The summed E-state index contributed by atoms with van der Waals surface area (Å²) in [5.74, 6) is 0. The summed E-state index contributed by atoms with van der Waals surface area (Å²) < 4.78 is 5.35. The first kappa shape index (κ1) is 15.0. The lowest BCUT2D eigenvalue weighted by Crippen LogP contribution is -2.38. The molecule has 0 aliphatic carbocycles. The molecule has 1 rings (SSSR count). The maximum atomic E-state index is 5.61. The van der Waals surface area contributed by atoms with Crippen LogP contribution >= 0.6 is 0 Å². The molecule has 0 heterocycles. The van der Waals surface area contributed by atoms with Crippen LogP contribution in [0.25, 0.3) is 0 Å². The van der Waals surface area contributed by atoms with Gasteiger partial charge in [-0.15, -0.1) is 0 Å². The number of aryl methyl sites for hydroxylation is 1. The summed E-state index contributed by atoms with van der Waals surface area (Å²) in [5, 5.41) is 0. The highest BCUT2D eigenvalue weighted by Crippen LogP contribution is 2.20. The van der Waals surface area contributed by atoms with E-state index >= 15 is 0 Å². The third kappa shape index (κ3) is 4.31. The van der Waals surface area contributed by atoms with Gasteiger partial charge in [-0.05, 0) is 45.4 Å². The summed E-state index contributed by atoms with van der Waals surface area (Å²) >= 11 is 0. The number of benzene rings is 1. The summed E-state index contributed by atoms with van der Waals surface area (Å²) in [6, 6.07) is 9.09. The van der Waals surface area contributed by atoms with Gasteiger partial charge in [0.25, 0.3) is 0 Å². The second-order valence-electron chi connectivity index (χ2n) is 4.66. The minimum absolute atomic E-state index is 0.409. The van der Waals surface area contributed by atoms with Crippen molar-refractivity contribution in [3.63, 3.8) is 0 Å². The fraction of sp³-hybridized carbons (Fsp3) is 0.600. The number of methoxy groups -OCH3 is 1. The highest BCUT2D eigenvalue weighted by molar-refractivity contribution is 5.48.